The summed E-state index contributed by atoms with van der Waals surface area (Å²) in [7, 11) is -4.95. The van der Waals surface area contributed by atoms with Crippen molar-refractivity contribution in [2.75, 3.05) is 34.6 Å². The Morgan fingerprint density at radius 1 is 0.844 bits per heavy atom. The number of aromatic nitrogens is 2. The summed E-state index contributed by atoms with van der Waals surface area (Å²) in [6.45, 7) is 4.28. The number of halogens is 5. The Morgan fingerprint density at radius 2 is 1.28 bits per heavy atom. The number of carbonyl (C=O) groups is 4. The standard InChI is InChI=1S/C38H34Cl2N5O11P.C2HF3O2/c1-18-11-41-32-26(55-36(48)54-23-5-3-22(4-6-23)45(49)50)7-24-30(28(18)32)20(9-39)13-43(24)34(46)37-15-38(16-37,17-37)35(47)44-14-21(10-40)31-25(44)8-27(56-57(51,52)53)33-29(31)19(2)12-42-33;3-2(4,5)1(6)7/h3-8,11-12,20-21,41-42H,9-10,13-17H2,1-2H3,(H2,51,52,53);(H,6,7)/t20-,21-,37?,38?;/m1./s1. The Balaban J connectivity index is 0.000000741. The smallest absolute Gasteiger partial charge is 0.475 e. The van der Waals surface area contributed by atoms with E-state index in [1.807, 2.05) is 13.8 Å². The van der Waals surface area contributed by atoms with Gasteiger partial charge in [0.2, 0.25) is 11.8 Å². The molecule has 0 spiro atoms. The fourth-order valence-corrected chi connectivity index (χ4v) is 10.5. The monoisotopic (exact) mass is 951 g/mol. The van der Waals surface area contributed by atoms with Crippen molar-refractivity contribution in [3.8, 4) is 17.2 Å². The zero-order chi connectivity index (χ0) is 46.4. The van der Waals surface area contributed by atoms with Crippen LogP contribution < -0.4 is 23.8 Å². The summed E-state index contributed by atoms with van der Waals surface area (Å²) in [5.74, 6) is -3.12. The Hall–Kier alpha value is -5.86. The van der Waals surface area contributed by atoms with E-state index in [4.69, 9.17) is 47.1 Å². The summed E-state index contributed by atoms with van der Waals surface area (Å²) in [6.07, 6.45) is -1.78. The van der Waals surface area contributed by atoms with E-state index in [0.29, 0.717) is 47.1 Å². The molecule has 5 aliphatic rings. The number of nitro groups is 1. The van der Waals surface area contributed by atoms with Gasteiger partial charge in [-0.05, 0) is 67.5 Å². The number of nitrogens with one attached hydrogen (secondary N) is 2. The molecule has 2 aromatic heterocycles. The van der Waals surface area contributed by atoms with Crippen LogP contribution in [0.4, 0.5) is 35.0 Å². The number of alkyl halides is 5. The van der Waals surface area contributed by atoms with Gasteiger partial charge in [-0.3, -0.25) is 29.5 Å². The number of carboxylic acids is 1. The average molecular weight is 953 g/mol. The predicted octanol–water partition coefficient (Wildman–Crippen LogP) is 8.07. The highest BCUT2D eigenvalue weighted by Crippen LogP contribution is 2.75. The molecule has 10 rings (SSSR count). The van der Waals surface area contributed by atoms with Gasteiger partial charge in [-0.15, -0.1) is 23.2 Å². The molecule has 3 aliphatic carbocycles. The second kappa shape index (κ2) is 15.7. The molecule has 338 valence electrons. The Labute approximate surface area is 368 Å². The number of hydrogen-bond donors (Lipinski definition) is 5. The quantitative estimate of drug-likeness (QED) is 0.0234. The number of fused-ring (bicyclic) bond motifs is 6. The number of rotatable bonds is 9. The number of aliphatic carboxylic acids is 1. The van der Waals surface area contributed by atoms with Crippen molar-refractivity contribution in [3.63, 3.8) is 0 Å². The highest BCUT2D eigenvalue weighted by Gasteiger charge is 2.76. The molecule has 2 aliphatic heterocycles. The zero-order valence-corrected chi connectivity index (χ0v) is 35.7. The van der Waals surface area contributed by atoms with E-state index in [-0.39, 0.29) is 71.4 Å². The molecule has 3 fully saturated rings. The third kappa shape index (κ3) is 7.47. The third-order valence-electron chi connectivity index (χ3n) is 12.2. The van der Waals surface area contributed by atoms with E-state index < -0.39 is 41.9 Å². The number of hydrogen-bond acceptors (Lipinski definition) is 10. The van der Waals surface area contributed by atoms with Gasteiger partial charge >= 0.3 is 26.1 Å². The zero-order valence-electron chi connectivity index (χ0n) is 33.3. The first-order valence-electron chi connectivity index (χ1n) is 19.3. The highest BCUT2D eigenvalue weighted by molar-refractivity contribution is 7.46. The SMILES string of the molecule is Cc1c[nH]c2c(OC(=O)Oc3ccc([N+](=O)[O-])cc3)cc3c(c12)[C@H](CCl)CN3C(=O)C12CC(C(=O)N3C[C@@H](CCl)c4c3cc(OP(=O)(O)O)c3[nH]cc(C)c43)(C1)C2.O=C(O)C(F)(F)F. The Bertz CT molecular complexity index is 2840. The second-order valence-electron chi connectivity index (χ2n) is 16.3. The van der Waals surface area contributed by atoms with Gasteiger partial charge < -0.3 is 38.9 Å². The molecular weight excluding hydrogens is 917 g/mol. The van der Waals surface area contributed by atoms with Crippen LogP contribution in [0.2, 0.25) is 0 Å². The topological polar surface area (TPSA) is 255 Å². The molecule has 5 N–H and O–H groups in total. The van der Waals surface area contributed by atoms with Crippen LogP contribution >= 0.6 is 31.0 Å². The number of anilines is 2. The van der Waals surface area contributed by atoms with Gasteiger partial charge in [-0.1, -0.05) is 0 Å². The highest BCUT2D eigenvalue weighted by atomic mass is 35.5. The van der Waals surface area contributed by atoms with Gasteiger partial charge in [0.25, 0.3) is 5.69 Å². The fraction of sp³-hybridized carbons (Fsp3) is 0.350. The minimum atomic E-state index is -5.08. The number of ether oxygens (including phenoxy) is 2. The number of amides is 2. The number of non-ortho nitro benzene ring substituents is 1. The van der Waals surface area contributed by atoms with Crippen molar-refractivity contribution < 1.29 is 70.7 Å². The number of nitrogens with zero attached hydrogens (tertiary/aromatic N) is 3. The van der Waals surface area contributed by atoms with E-state index in [0.717, 1.165) is 27.6 Å². The van der Waals surface area contributed by atoms with Crippen LogP contribution in [-0.2, 0) is 18.9 Å². The van der Waals surface area contributed by atoms with E-state index in [9.17, 15) is 52.0 Å². The van der Waals surface area contributed by atoms with Crippen molar-refractivity contribution in [2.45, 2.75) is 51.1 Å². The minimum Gasteiger partial charge on any atom is -0.475 e. The predicted molar refractivity (Wildman–Crippen MR) is 223 cm³/mol. The van der Waals surface area contributed by atoms with Crippen LogP contribution in [0.5, 0.6) is 17.2 Å². The molecule has 3 aromatic carbocycles. The number of carboxylic acid groups (broad SMARTS) is 1. The fourth-order valence-electron chi connectivity index (χ4n) is 9.60. The molecule has 0 radical (unpaired) electrons. The Morgan fingerprint density at radius 3 is 1.69 bits per heavy atom. The number of H-pyrrole nitrogens is 2. The molecule has 5 aromatic rings. The summed E-state index contributed by atoms with van der Waals surface area (Å²) in [5, 5.41) is 19.6. The number of phosphoric ester groups is 1. The van der Waals surface area contributed by atoms with E-state index >= 15 is 0 Å². The summed E-state index contributed by atoms with van der Waals surface area (Å²) in [6, 6.07) is 8.04. The maximum absolute atomic E-state index is 14.6. The van der Waals surface area contributed by atoms with Crippen molar-refractivity contribution >= 4 is 93.8 Å². The lowest BCUT2D eigenvalue weighted by molar-refractivity contribution is -0.384. The van der Waals surface area contributed by atoms with Crippen molar-refractivity contribution in [3.05, 3.63) is 81.2 Å². The van der Waals surface area contributed by atoms with Crippen molar-refractivity contribution in [1.29, 1.82) is 0 Å². The number of benzene rings is 3. The number of aromatic amines is 2. The van der Waals surface area contributed by atoms with E-state index in [1.54, 1.807) is 28.3 Å². The largest absolute Gasteiger partial charge is 0.524 e. The lowest BCUT2D eigenvalue weighted by Crippen LogP contribution is -2.73. The van der Waals surface area contributed by atoms with Crippen LogP contribution in [0.15, 0.2) is 48.8 Å². The third-order valence-corrected chi connectivity index (χ3v) is 13.4. The minimum absolute atomic E-state index is 0.0372. The van der Waals surface area contributed by atoms with Gasteiger partial charge in [0.05, 0.1) is 38.2 Å². The van der Waals surface area contributed by atoms with Gasteiger partial charge in [-0.2, -0.15) is 13.2 Å². The van der Waals surface area contributed by atoms with Gasteiger partial charge in [0.15, 0.2) is 11.5 Å². The molecule has 64 heavy (non-hydrogen) atoms. The van der Waals surface area contributed by atoms with Crippen molar-refractivity contribution in [2.24, 2.45) is 10.8 Å². The first kappa shape index (κ1) is 44.7. The number of carbonyl (C=O) groups excluding carboxylic acids is 3. The molecule has 2 bridgehead atoms. The van der Waals surface area contributed by atoms with Gasteiger partial charge in [-0.25, -0.2) is 14.2 Å². The van der Waals surface area contributed by atoms with Crippen LogP contribution in [0.3, 0.4) is 0 Å². The maximum Gasteiger partial charge on any atom is 0.524 e. The molecule has 0 unspecified atom stereocenters. The molecule has 18 nitrogen and oxygen atoms in total. The Kier molecular flexibility index (Phi) is 11.0. The van der Waals surface area contributed by atoms with E-state index in [2.05, 4.69) is 9.97 Å². The molecule has 2 atom stereocenters. The molecular formula is C40H35Cl2F3N5O13P. The van der Waals surface area contributed by atoms with Crippen molar-refractivity contribution in [1.82, 2.24) is 9.97 Å². The number of nitro benzene ring substituents is 1. The van der Waals surface area contributed by atoms with E-state index in [1.165, 1.54) is 30.3 Å². The molecule has 2 amide bonds. The average Bonchev–Trinajstić information content (AvgIpc) is 3.96. The summed E-state index contributed by atoms with van der Waals surface area (Å²) >= 11 is 13.0. The first-order valence-corrected chi connectivity index (χ1v) is 21.9. The summed E-state index contributed by atoms with van der Waals surface area (Å²) in [5.41, 5.74) is 3.40. The van der Waals surface area contributed by atoms with Crippen LogP contribution in [0.1, 0.15) is 53.4 Å². The lowest BCUT2D eigenvalue weighted by Gasteiger charge is -2.69. The number of phosphoric acid groups is 1. The first-order chi connectivity index (χ1) is 30.0. The van der Waals surface area contributed by atoms with Crippen LogP contribution in [0, 0.1) is 34.8 Å². The number of aryl methyl sites for hydroxylation is 2. The van der Waals surface area contributed by atoms with Gasteiger partial charge in [0, 0.05) is 84.1 Å². The maximum atomic E-state index is 14.6. The molecule has 0 saturated heterocycles. The lowest BCUT2D eigenvalue weighted by atomic mass is 9.34. The molecule has 3 saturated carbocycles. The summed E-state index contributed by atoms with van der Waals surface area (Å²) < 4.78 is 59.7. The van der Waals surface area contributed by atoms with Crippen LogP contribution in [0.25, 0.3) is 21.8 Å². The van der Waals surface area contributed by atoms with Crippen LogP contribution in [-0.4, -0.2) is 84.7 Å². The molecule has 4 heterocycles. The summed E-state index contributed by atoms with van der Waals surface area (Å²) in [4.78, 5) is 90.3. The second-order valence-corrected chi connectivity index (χ2v) is 18.1. The van der Waals surface area contributed by atoms with Gasteiger partial charge in [0.1, 0.15) is 5.75 Å². The molecule has 24 heteroatoms. The normalized spacial score (nSPS) is 21.9.